The van der Waals surface area contributed by atoms with Gasteiger partial charge in [-0.1, -0.05) is 13.8 Å². The van der Waals surface area contributed by atoms with Crippen LogP contribution >= 0.6 is 0 Å². The quantitative estimate of drug-likeness (QED) is 0.734. The summed E-state index contributed by atoms with van der Waals surface area (Å²) in [5.74, 6) is 1.12. The van der Waals surface area contributed by atoms with E-state index in [1.165, 1.54) is 0 Å². The van der Waals surface area contributed by atoms with Crippen molar-refractivity contribution in [2.75, 3.05) is 46.4 Å². The Morgan fingerprint density at radius 3 is 2.00 bits per heavy atom. The second-order valence-corrected chi connectivity index (χ2v) is 8.75. The Bertz CT molecular complexity index is 718. The first kappa shape index (κ1) is 22.6. The Labute approximate surface area is 179 Å². The van der Waals surface area contributed by atoms with Gasteiger partial charge in [0.1, 0.15) is 5.75 Å². The number of methoxy groups -OCH3 is 1. The molecule has 0 aromatic heterocycles. The average molecular weight is 418 g/mol. The van der Waals surface area contributed by atoms with E-state index in [0.717, 1.165) is 18.8 Å². The van der Waals surface area contributed by atoms with Crippen molar-refractivity contribution in [1.29, 1.82) is 0 Å². The maximum Gasteiger partial charge on any atom is 0.253 e. The van der Waals surface area contributed by atoms with Crippen LogP contribution in [0.3, 0.4) is 0 Å². The lowest BCUT2D eigenvalue weighted by Gasteiger charge is -2.44. The van der Waals surface area contributed by atoms with E-state index < -0.39 is 0 Å². The molecule has 0 bridgehead atoms. The number of ether oxygens (including phenoxy) is 2. The highest BCUT2D eigenvalue weighted by Gasteiger charge is 2.37. The van der Waals surface area contributed by atoms with Gasteiger partial charge in [-0.15, -0.1) is 0 Å². The number of rotatable bonds is 5. The topological polar surface area (TPSA) is 62.3 Å². The van der Waals surface area contributed by atoms with E-state index in [4.69, 9.17) is 9.47 Å². The summed E-state index contributed by atoms with van der Waals surface area (Å²) in [5, 5.41) is 0. The third-order valence-electron chi connectivity index (χ3n) is 5.94. The van der Waals surface area contributed by atoms with E-state index in [2.05, 4.69) is 32.6 Å². The maximum atomic E-state index is 13.4. The minimum atomic E-state index is -0.150. The molecule has 0 radical (unpaired) electrons. The minimum Gasteiger partial charge on any atom is -0.497 e. The molecule has 2 amide bonds. The van der Waals surface area contributed by atoms with Gasteiger partial charge in [0.05, 0.1) is 25.4 Å². The van der Waals surface area contributed by atoms with Gasteiger partial charge in [0, 0.05) is 44.8 Å². The standard InChI is InChI=1S/C23H35N3O4/c1-16(2)21(26-14-17(3)30-18(4)15-26)23(28)25-12-10-24(11-13-25)22(27)19-6-8-20(29-5)9-7-19/h6-9,16-18,21H,10-15H2,1-5H3/t17-,18-,21-/m0/s1. The van der Waals surface area contributed by atoms with Crippen molar-refractivity contribution in [2.24, 2.45) is 5.92 Å². The first-order valence-corrected chi connectivity index (χ1v) is 10.9. The zero-order valence-electron chi connectivity index (χ0n) is 18.8. The van der Waals surface area contributed by atoms with Crippen LogP contribution in [0.1, 0.15) is 38.1 Å². The van der Waals surface area contributed by atoms with Gasteiger partial charge in [-0.25, -0.2) is 0 Å². The monoisotopic (exact) mass is 417 g/mol. The van der Waals surface area contributed by atoms with E-state index in [9.17, 15) is 9.59 Å². The highest BCUT2D eigenvalue weighted by molar-refractivity contribution is 5.94. The van der Waals surface area contributed by atoms with Crippen molar-refractivity contribution in [2.45, 2.75) is 45.9 Å². The molecule has 3 atom stereocenters. The van der Waals surface area contributed by atoms with E-state index in [1.54, 1.807) is 31.4 Å². The summed E-state index contributed by atoms with van der Waals surface area (Å²) in [4.78, 5) is 32.2. The van der Waals surface area contributed by atoms with Crippen molar-refractivity contribution in [3.05, 3.63) is 29.8 Å². The van der Waals surface area contributed by atoms with Crippen molar-refractivity contribution in [3.63, 3.8) is 0 Å². The predicted molar refractivity (Wildman–Crippen MR) is 116 cm³/mol. The largest absolute Gasteiger partial charge is 0.497 e. The molecular formula is C23H35N3O4. The Balaban J connectivity index is 1.61. The second-order valence-electron chi connectivity index (χ2n) is 8.75. The maximum absolute atomic E-state index is 13.4. The number of amides is 2. The van der Waals surface area contributed by atoms with Crippen LogP contribution in [0, 0.1) is 5.92 Å². The Hall–Kier alpha value is -2.12. The molecule has 0 saturated carbocycles. The van der Waals surface area contributed by atoms with Crippen LogP contribution in [0.5, 0.6) is 5.75 Å². The van der Waals surface area contributed by atoms with E-state index in [1.807, 2.05) is 9.80 Å². The molecule has 0 aliphatic carbocycles. The van der Waals surface area contributed by atoms with Crippen LogP contribution in [0.2, 0.25) is 0 Å². The average Bonchev–Trinajstić information content (AvgIpc) is 2.72. The molecule has 2 saturated heterocycles. The van der Waals surface area contributed by atoms with Crippen LogP contribution in [-0.2, 0) is 9.53 Å². The van der Waals surface area contributed by atoms with Crippen LogP contribution in [0.25, 0.3) is 0 Å². The number of carbonyl (C=O) groups excluding carboxylic acids is 2. The number of carbonyl (C=O) groups is 2. The summed E-state index contributed by atoms with van der Waals surface area (Å²) in [6.07, 6.45) is 0.253. The molecule has 2 fully saturated rings. The van der Waals surface area contributed by atoms with Gasteiger partial charge in [0.15, 0.2) is 0 Å². The lowest BCUT2D eigenvalue weighted by molar-refractivity contribution is -0.146. The van der Waals surface area contributed by atoms with Gasteiger partial charge < -0.3 is 19.3 Å². The fraction of sp³-hybridized carbons (Fsp3) is 0.652. The summed E-state index contributed by atoms with van der Waals surface area (Å²) in [6.45, 7) is 12.1. The Morgan fingerprint density at radius 2 is 1.50 bits per heavy atom. The van der Waals surface area contributed by atoms with Crippen LogP contribution in [0.15, 0.2) is 24.3 Å². The number of morpholine rings is 1. The van der Waals surface area contributed by atoms with Gasteiger partial charge in [-0.3, -0.25) is 14.5 Å². The summed E-state index contributed by atoms with van der Waals surface area (Å²) in [6, 6.07) is 7.01. The lowest BCUT2D eigenvalue weighted by Crippen LogP contribution is -2.60. The third kappa shape index (κ3) is 5.13. The van der Waals surface area contributed by atoms with Crippen molar-refractivity contribution < 1.29 is 19.1 Å². The summed E-state index contributed by atoms with van der Waals surface area (Å²) >= 11 is 0. The van der Waals surface area contributed by atoms with Crippen LogP contribution < -0.4 is 4.74 Å². The molecule has 2 heterocycles. The fourth-order valence-electron chi connectivity index (χ4n) is 4.54. The zero-order chi connectivity index (χ0) is 21.8. The number of nitrogens with zero attached hydrogens (tertiary/aromatic N) is 3. The minimum absolute atomic E-state index is 0.000917. The molecule has 0 spiro atoms. The smallest absolute Gasteiger partial charge is 0.253 e. The van der Waals surface area contributed by atoms with Gasteiger partial charge in [0.2, 0.25) is 5.91 Å². The molecule has 1 aromatic rings. The molecular weight excluding hydrogens is 382 g/mol. The van der Waals surface area contributed by atoms with Crippen LogP contribution in [0.4, 0.5) is 0 Å². The predicted octanol–water partition coefficient (Wildman–Crippen LogP) is 2.11. The summed E-state index contributed by atoms with van der Waals surface area (Å²) in [5.41, 5.74) is 0.645. The first-order valence-electron chi connectivity index (χ1n) is 10.9. The van der Waals surface area contributed by atoms with Gasteiger partial charge >= 0.3 is 0 Å². The first-order chi connectivity index (χ1) is 14.3. The highest BCUT2D eigenvalue weighted by atomic mass is 16.5. The molecule has 0 unspecified atom stereocenters. The molecule has 1 aromatic carbocycles. The molecule has 3 rings (SSSR count). The number of piperazine rings is 1. The van der Waals surface area contributed by atoms with Gasteiger partial charge in [-0.05, 0) is 44.0 Å². The molecule has 2 aliphatic rings. The third-order valence-corrected chi connectivity index (χ3v) is 5.94. The Morgan fingerprint density at radius 1 is 0.967 bits per heavy atom. The molecule has 0 N–H and O–H groups in total. The molecule has 7 heteroatoms. The molecule has 7 nitrogen and oxygen atoms in total. The molecule has 2 aliphatic heterocycles. The van der Waals surface area contributed by atoms with Crippen molar-refractivity contribution in [3.8, 4) is 5.75 Å². The lowest BCUT2D eigenvalue weighted by atomic mass is 9.98. The number of hydrogen-bond acceptors (Lipinski definition) is 5. The Kier molecular flexibility index (Phi) is 7.36. The van der Waals surface area contributed by atoms with E-state index >= 15 is 0 Å². The SMILES string of the molecule is COc1ccc(C(=O)N2CCN(C(=O)[C@H](C(C)C)N3C[C@H](C)O[C@@H](C)C3)CC2)cc1. The van der Waals surface area contributed by atoms with E-state index in [0.29, 0.717) is 31.7 Å². The second kappa shape index (κ2) is 9.79. The normalized spacial score (nSPS) is 24.1. The van der Waals surface area contributed by atoms with Crippen LogP contribution in [-0.4, -0.2) is 91.1 Å². The van der Waals surface area contributed by atoms with Gasteiger partial charge in [-0.2, -0.15) is 0 Å². The summed E-state index contributed by atoms with van der Waals surface area (Å²) in [7, 11) is 1.61. The number of hydrogen-bond donors (Lipinski definition) is 0. The molecule has 30 heavy (non-hydrogen) atoms. The van der Waals surface area contributed by atoms with Crippen molar-refractivity contribution >= 4 is 11.8 Å². The summed E-state index contributed by atoms with van der Waals surface area (Å²) < 4.78 is 11.0. The fourth-order valence-corrected chi connectivity index (χ4v) is 4.54. The highest BCUT2D eigenvalue weighted by Crippen LogP contribution is 2.21. The van der Waals surface area contributed by atoms with Crippen molar-refractivity contribution in [1.82, 2.24) is 14.7 Å². The zero-order valence-corrected chi connectivity index (χ0v) is 18.8. The molecule has 166 valence electrons. The number of benzene rings is 1. The van der Waals surface area contributed by atoms with E-state index in [-0.39, 0.29) is 36.0 Å². The van der Waals surface area contributed by atoms with Gasteiger partial charge in [0.25, 0.3) is 5.91 Å².